The van der Waals surface area contributed by atoms with Crippen molar-refractivity contribution in [3.05, 3.63) is 0 Å². The number of carbonyl (C=O) groups excluding carboxylic acids is 1. The molecule has 0 radical (unpaired) electrons. The smallest absolute Gasteiger partial charge is 0.323 e. The summed E-state index contributed by atoms with van der Waals surface area (Å²) in [4.78, 5) is 29.0. The molecule has 0 aliphatic carbocycles. The quantitative estimate of drug-likeness (QED) is 0.464. The van der Waals surface area contributed by atoms with Crippen LogP contribution in [0.15, 0.2) is 0 Å². The van der Waals surface area contributed by atoms with Crippen LogP contribution >= 0.6 is 19.2 Å². The minimum absolute atomic E-state index is 0.205. The van der Waals surface area contributed by atoms with Crippen LogP contribution in [0.25, 0.3) is 0 Å². The molecule has 0 heterocycles. The lowest BCUT2D eigenvalue weighted by Crippen LogP contribution is -2.22. The summed E-state index contributed by atoms with van der Waals surface area (Å²) in [7, 11) is -4.55. The number of alkyl halides is 1. The molecule has 0 saturated carbocycles. The maximum Gasteiger partial charge on any atom is 0.350 e. The summed E-state index contributed by atoms with van der Waals surface area (Å²) in [6, 6.07) is 0. The fourth-order valence-electron chi connectivity index (χ4n) is 0.917. The zero-order valence-corrected chi connectivity index (χ0v) is 11.1. The van der Waals surface area contributed by atoms with Crippen molar-refractivity contribution in [1.82, 2.24) is 0 Å². The molecule has 0 aliphatic heterocycles. The van der Waals surface area contributed by atoms with Gasteiger partial charge in [-0.25, -0.2) is 0 Å². The SMILES string of the molecule is CC(C)C#CCC(C)C(=O)C(Cl)P(=O)(O)O. The molecular formula is C10H16ClO4P. The van der Waals surface area contributed by atoms with E-state index in [0.29, 0.717) is 0 Å². The van der Waals surface area contributed by atoms with Crippen LogP contribution in [-0.2, 0) is 9.36 Å². The van der Waals surface area contributed by atoms with Crippen LogP contribution < -0.4 is 0 Å². The molecule has 0 aromatic rings. The average Bonchev–Trinajstić information content (AvgIpc) is 2.13. The van der Waals surface area contributed by atoms with E-state index in [0.717, 1.165) is 0 Å². The Hall–Kier alpha value is -0.330. The first-order valence-corrected chi connectivity index (χ1v) is 6.99. The first-order valence-electron chi connectivity index (χ1n) is 4.87. The second kappa shape index (κ2) is 6.42. The minimum Gasteiger partial charge on any atom is -0.323 e. The highest BCUT2D eigenvalue weighted by atomic mass is 35.5. The van der Waals surface area contributed by atoms with Crippen LogP contribution in [0.2, 0.25) is 0 Å². The lowest BCUT2D eigenvalue weighted by molar-refractivity contribution is -0.120. The molecule has 92 valence electrons. The van der Waals surface area contributed by atoms with E-state index >= 15 is 0 Å². The lowest BCUT2D eigenvalue weighted by Gasteiger charge is -2.13. The molecule has 16 heavy (non-hydrogen) atoms. The number of hydrogen-bond donors (Lipinski definition) is 2. The Balaban J connectivity index is 4.43. The number of hydrogen-bond acceptors (Lipinski definition) is 2. The van der Waals surface area contributed by atoms with Gasteiger partial charge >= 0.3 is 7.60 Å². The Morgan fingerprint density at radius 2 is 1.88 bits per heavy atom. The van der Waals surface area contributed by atoms with Crippen molar-refractivity contribution in [3.8, 4) is 11.8 Å². The fraction of sp³-hybridized carbons (Fsp3) is 0.700. The predicted molar refractivity (Wildman–Crippen MR) is 63.1 cm³/mol. The molecule has 0 bridgehead atoms. The Labute approximate surface area is 101 Å². The predicted octanol–water partition coefficient (Wildman–Crippen LogP) is 1.98. The molecule has 4 nitrogen and oxygen atoms in total. The highest BCUT2D eigenvalue weighted by Crippen LogP contribution is 2.45. The van der Waals surface area contributed by atoms with Crippen LogP contribution in [0.1, 0.15) is 27.2 Å². The summed E-state index contributed by atoms with van der Waals surface area (Å²) < 4.78 is 10.8. The van der Waals surface area contributed by atoms with Gasteiger partial charge in [0, 0.05) is 18.3 Å². The Bertz CT molecular complexity index is 350. The first-order chi connectivity index (χ1) is 7.16. The molecule has 0 amide bonds. The first kappa shape index (κ1) is 15.7. The maximum atomic E-state index is 11.5. The van der Waals surface area contributed by atoms with Crippen LogP contribution in [0, 0.1) is 23.7 Å². The van der Waals surface area contributed by atoms with E-state index in [2.05, 4.69) is 11.8 Å². The third kappa shape index (κ3) is 5.67. The van der Waals surface area contributed by atoms with Crippen molar-refractivity contribution in [3.63, 3.8) is 0 Å². The molecule has 6 heteroatoms. The molecule has 0 spiro atoms. The second-order valence-electron chi connectivity index (χ2n) is 3.91. The zero-order valence-electron chi connectivity index (χ0n) is 9.48. The van der Waals surface area contributed by atoms with Crippen molar-refractivity contribution >= 4 is 25.0 Å². The number of Topliss-reactive ketones (excluding diaryl/α,β-unsaturated/α-hetero) is 1. The van der Waals surface area contributed by atoms with Crippen LogP contribution in [0.3, 0.4) is 0 Å². The monoisotopic (exact) mass is 266 g/mol. The number of carbonyl (C=O) groups is 1. The summed E-state index contributed by atoms with van der Waals surface area (Å²) in [6.45, 7) is 5.39. The van der Waals surface area contributed by atoms with Crippen molar-refractivity contribution in [1.29, 1.82) is 0 Å². The Kier molecular flexibility index (Phi) is 6.28. The molecule has 0 saturated heterocycles. The van der Waals surface area contributed by atoms with E-state index in [1.54, 1.807) is 6.92 Å². The van der Waals surface area contributed by atoms with Gasteiger partial charge in [-0.15, -0.1) is 23.4 Å². The summed E-state index contributed by atoms with van der Waals surface area (Å²) in [5.74, 6) is 4.64. The molecule has 0 aliphatic rings. The van der Waals surface area contributed by atoms with Gasteiger partial charge in [0.1, 0.15) is 0 Å². The van der Waals surface area contributed by atoms with Crippen LogP contribution in [0.5, 0.6) is 0 Å². The molecule has 0 fully saturated rings. The van der Waals surface area contributed by atoms with E-state index in [1.807, 2.05) is 13.8 Å². The number of rotatable bonds is 4. The lowest BCUT2D eigenvalue weighted by atomic mass is 10.0. The normalized spacial score (nSPS) is 15.2. The second-order valence-corrected chi connectivity index (χ2v) is 6.34. The molecule has 2 N–H and O–H groups in total. The Morgan fingerprint density at radius 1 is 1.38 bits per heavy atom. The molecule has 0 aromatic carbocycles. The van der Waals surface area contributed by atoms with Crippen LogP contribution in [-0.4, -0.2) is 20.7 Å². The van der Waals surface area contributed by atoms with E-state index in [4.69, 9.17) is 21.4 Å². The minimum atomic E-state index is -4.55. The van der Waals surface area contributed by atoms with Gasteiger partial charge < -0.3 is 9.79 Å². The fourth-order valence-corrected chi connectivity index (χ4v) is 1.72. The number of halogens is 1. The summed E-state index contributed by atoms with van der Waals surface area (Å²) in [5.41, 5.74) is 0. The van der Waals surface area contributed by atoms with E-state index in [9.17, 15) is 9.36 Å². The molecule has 2 atom stereocenters. The average molecular weight is 267 g/mol. The van der Waals surface area contributed by atoms with Gasteiger partial charge in [-0.05, 0) is 0 Å². The summed E-state index contributed by atoms with van der Waals surface area (Å²) in [5, 5.41) is -1.76. The topological polar surface area (TPSA) is 74.6 Å². The largest absolute Gasteiger partial charge is 0.350 e. The summed E-state index contributed by atoms with van der Waals surface area (Å²) in [6.07, 6.45) is 0.264. The highest BCUT2D eigenvalue weighted by molar-refractivity contribution is 7.55. The standard InChI is InChI=1S/C10H16ClO4P/c1-7(2)5-4-6-8(3)9(12)10(11)16(13,14)15/h7-8,10H,6H2,1-3H3,(H2,13,14,15). The van der Waals surface area contributed by atoms with Crippen molar-refractivity contribution in [2.75, 3.05) is 0 Å². The Morgan fingerprint density at radius 3 is 2.25 bits per heavy atom. The van der Waals surface area contributed by atoms with E-state index in [1.165, 1.54) is 0 Å². The van der Waals surface area contributed by atoms with E-state index in [-0.39, 0.29) is 12.3 Å². The number of ketones is 1. The third-order valence-electron chi connectivity index (χ3n) is 1.81. The van der Waals surface area contributed by atoms with Gasteiger partial charge in [0.15, 0.2) is 10.9 Å². The molecule has 2 unspecified atom stereocenters. The maximum absolute atomic E-state index is 11.5. The third-order valence-corrected chi connectivity index (χ3v) is 3.64. The van der Waals surface area contributed by atoms with E-state index < -0.39 is 24.4 Å². The van der Waals surface area contributed by atoms with Gasteiger partial charge in [0.05, 0.1) is 0 Å². The van der Waals surface area contributed by atoms with Gasteiger partial charge in [-0.2, -0.15) is 0 Å². The molecule has 0 aromatic heterocycles. The van der Waals surface area contributed by atoms with Gasteiger partial charge in [-0.3, -0.25) is 9.36 Å². The van der Waals surface area contributed by atoms with Gasteiger partial charge in [0.2, 0.25) is 0 Å². The van der Waals surface area contributed by atoms with Gasteiger partial charge in [-0.1, -0.05) is 20.8 Å². The summed E-state index contributed by atoms with van der Waals surface area (Å²) >= 11 is 5.38. The zero-order chi connectivity index (χ0) is 12.9. The molecule has 0 rings (SSSR count). The van der Waals surface area contributed by atoms with Crippen molar-refractivity contribution in [2.24, 2.45) is 11.8 Å². The van der Waals surface area contributed by atoms with Crippen molar-refractivity contribution < 1.29 is 19.1 Å². The highest BCUT2D eigenvalue weighted by Gasteiger charge is 2.35. The van der Waals surface area contributed by atoms with Crippen molar-refractivity contribution in [2.45, 2.75) is 32.3 Å². The van der Waals surface area contributed by atoms with Gasteiger partial charge in [0.25, 0.3) is 0 Å². The molecular weight excluding hydrogens is 251 g/mol. The van der Waals surface area contributed by atoms with Crippen LogP contribution in [0.4, 0.5) is 0 Å².